The van der Waals surface area contributed by atoms with Gasteiger partial charge in [0.15, 0.2) is 23.0 Å². The van der Waals surface area contributed by atoms with Crippen molar-refractivity contribution in [3.8, 4) is 11.4 Å². The van der Waals surface area contributed by atoms with Gasteiger partial charge < -0.3 is 14.7 Å². The molecule has 3 aromatic rings. The van der Waals surface area contributed by atoms with E-state index in [4.69, 9.17) is 16.3 Å². The standard InChI is InChI=1S/C28H27ClF6N6O2/c1-43-20-4-5-21(27(30,31)32)36-24(20)40-13-25(14-40)7-16(8-25)23-38-37-22-12-39(18-9-26(42,10-18)28(33,34)35)11-15-6-17(29)2-3-19(15)41(22)23/h2-6,16,18,42H,7-14H2,1H3. The Bertz CT molecular complexity index is 1570. The Morgan fingerprint density at radius 1 is 0.977 bits per heavy atom. The summed E-state index contributed by atoms with van der Waals surface area (Å²) in [6.07, 6.45) is -8.59. The number of alkyl halides is 6. The van der Waals surface area contributed by atoms with E-state index < -0.39 is 42.5 Å². The van der Waals surface area contributed by atoms with Crippen molar-refractivity contribution in [2.24, 2.45) is 5.41 Å². The zero-order valence-electron chi connectivity index (χ0n) is 22.9. The van der Waals surface area contributed by atoms with Crippen LogP contribution >= 0.6 is 11.6 Å². The van der Waals surface area contributed by atoms with Crippen LogP contribution in [0.4, 0.5) is 32.2 Å². The van der Waals surface area contributed by atoms with E-state index in [1.54, 1.807) is 17.0 Å². The zero-order valence-corrected chi connectivity index (χ0v) is 23.6. The molecule has 3 fully saturated rings. The molecule has 15 heteroatoms. The Labute approximate surface area is 247 Å². The van der Waals surface area contributed by atoms with Crippen LogP contribution in [0.5, 0.6) is 5.75 Å². The van der Waals surface area contributed by atoms with Crippen molar-refractivity contribution in [1.82, 2.24) is 24.6 Å². The van der Waals surface area contributed by atoms with Gasteiger partial charge in [0, 0.05) is 54.9 Å². The smallest absolute Gasteiger partial charge is 0.433 e. The summed E-state index contributed by atoms with van der Waals surface area (Å²) in [5, 5.41) is 19.5. The molecule has 1 spiro atoms. The molecule has 4 aliphatic rings. The number of rotatable bonds is 4. The number of methoxy groups -OCH3 is 1. The van der Waals surface area contributed by atoms with Crippen molar-refractivity contribution in [3.05, 3.63) is 58.3 Å². The second kappa shape index (κ2) is 9.45. The van der Waals surface area contributed by atoms with Gasteiger partial charge in [-0.2, -0.15) is 26.3 Å². The fourth-order valence-electron chi connectivity index (χ4n) is 7.10. The average molecular weight is 629 g/mol. The summed E-state index contributed by atoms with van der Waals surface area (Å²) in [6.45, 7) is 1.65. The first-order chi connectivity index (χ1) is 20.2. The fourth-order valence-corrected chi connectivity index (χ4v) is 7.30. The number of anilines is 1. The monoisotopic (exact) mass is 628 g/mol. The number of ether oxygens (including phenoxy) is 1. The van der Waals surface area contributed by atoms with Crippen molar-refractivity contribution in [2.75, 3.05) is 25.1 Å². The van der Waals surface area contributed by atoms with Gasteiger partial charge in [-0.05, 0) is 48.7 Å². The molecule has 0 radical (unpaired) electrons. The summed E-state index contributed by atoms with van der Waals surface area (Å²) in [5.74, 6) is 1.81. The molecule has 0 atom stereocenters. The summed E-state index contributed by atoms with van der Waals surface area (Å²) in [6, 6.07) is 7.10. The molecule has 1 aromatic carbocycles. The van der Waals surface area contributed by atoms with Crippen molar-refractivity contribution < 1.29 is 36.2 Å². The molecule has 1 N–H and O–H groups in total. The maximum absolute atomic E-state index is 13.3. The lowest BCUT2D eigenvalue weighted by Gasteiger charge is -2.59. The SMILES string of the molecule is COc1ccc(C(F)(F)F)nc1N1CC2(CC(c3nnc4n3-c3ccc(Cl)cc3CN(C3CC(O)(C(F)(F)F)C3)C4)C2)C1. The van der Waals surface area contributed by atoms with Crippen molar-refractivity contribution in [1.29, 1.82) is 0 Å². The molecule has 43 heavy (non-hydrogen) atoms. The van der Waals surface area contributed by atoms with E-state index in [1.807, 2.05) is 15.5 Å². The van der Waals surface area contributed by atoms with E-state index in [0.29, 0.717) is 30.5 Å². The Balaban J connectivity index is 1.10. The van der Waals surface area contributed by atoms with Crippen LogP contribution in [-0.4, -0.2) is 67.8 Å². The lowest BCUT2D eigenvalue weighted by molar-refractivity contribution is -0.300. The Hall–Kier alpha value is -3.10. The highest BCUT2D eigenvalue weighted by Crippen LogP contribution is 2.57. The largest absolute Gasteiger partial charge is 0.493 e. The summed E-state index contributed by atoms with van der Waals surface area (Å²) < 4.78 is 87.1. The predicted molar refractivity (Wildman–Crippen MR) is 142 cm³/mol. The molecule has 0 unspecified atom stereocenters. The molecule has 1 saturated heterocycles. The molecule has 2 aliphatic heterocycles. The topological polar surface area (TPSA) is 79.5 Å². The molecule has 4 heterocycles. The molecule has 8 nitrogen and oxygen atoms in total. The Morgan fingerprint density at radius 3 is 2.35 bits per heavy atom. The van der Waals surface area contributed by atoms with Gasteiger partial charge in [0.05, 0.1) is 19.3 Å². The van der Waals surface area contributed by atoms with Crippen molar-refractivity contribution >= 4 is 17.4 Å². The minimum Gasteiger partial charge on any atom is -0.493 e. The van der Waals surface area contributed by atoms with Gasteiger partial charge in [-0.25, -0.2) is 4.98 Å². The third-order valence-electron chi connectivity index (χ3n) is 9.37. The number of halogens is 7. The number of hydrogen-bond donors (Lipinski definition) is 1. The highest BCUT2D eigenvalue weighted by atomic mass is 35.5. The molecular weight excluding hydrogens is 602 g/mol. The van der Waals surface area contributed by atoms with Crippen molar-refractivity contribution in [2.45, 2.75) is 68.7 Å². The van der Waals surface area contributed by atoms with Crippen LogP contribution in [0.3, 0.4) is 0 Å². The first-order valence-electron chi connectivity index (χ1n) is 13.8. The number of hydrogen-bond acceptors (Lipinski definition) is 7. The quantitative estimate of drug-likeness (QED) is 0.383. The summed E-state index contributed by atoms with van der Waals surface area (Å²) >= 11 is 6.31. The van der Waals surface area contributed by atoms with Crippen LogP contribution in [0.15, 0.2) is 30.3 Å². The Morgan fingerprint density at radius 2 is 1.70 bits per heavy atom. The lowest BCUT2D eigenvalue weighted by atomic mass is 9.57. The Kier molecular flexibility index (Phi) is 6.30. The molecule has 0 bridgehead atoms. The third-order valence-corrected chi connectivity index (χ3v) is 9.61. The van der Waals surface area contributed by atoms with Crippen LogP contribution in [0.2, 0.25) is 5.02 Å². The van der Waals surface area contributed by atoms with Crippen LogP contribution in [0, 0.1) is 5.41 Å². The van der Waals surface area contributed by atoms with Crippen LogP contribution in [0.25, 0.3) is 5.69 Å². The van der Waals surface area contributed by atoms with Gasteiger partial charge in [-0.1, -0.05) is 11.6 Å². The van der Waals surface area contributed by atoms with Gasteiger partial charge in [-0.3, -0.25) is 9.47 Å². The average Bonchev–Trinajstić information content (AvgIpc) is 3.19. The summed E-state index contributed by atoms with van der Waals surface area (Å²) in [7, 11) is 1.40. The maximum Gasteiger partial charge on any atom is 0.433 e. The van der Waals surface area contributed by atoms with E-state index in [9.17, 15) is 31.4 Å². The van der Waals surface area contributed by atoms with E-state index in [0.717, 1.165) is 36.0 Å². The maximum atomic E-state index is 13.3. The molecule has 230 valence electrons. The molecular formula is C28H27ClF6N6O2. The number of benzene rings is 1. The summed E-state index contributed by atoms with van der Waals surface area (Å²) in [5.41, 5.74) is -2.14. The first kappa shape index (κ1) is 28.7. The van der Waals surface area contributed by atoms with E-state index in [2.05, 4.69) is 15.2 Å². The lowest BCUT2D eigenvalue weighted by Crippen LogP contribution is -2.62. The number of nitrogens with zero attached hydrogens (tertiary/aromatic N) is 6. The third kappa shape index (κ3) is 4.63. The second-order valence-corrected chi connectivity index (χ2v) is 12.7. The van der Waals surface area contributed by atoms with Gasteiger partial charge in [0.1, 0.15) is 11.5 Å². The van der Waals surface area contributed by atoms with Crippen LogP contribution in [-0.2, 0) is 19.3 Å². The van der Waals surface area contributed by atoms with Gasteiger partial charge in [0.25, 0.3) is 0 Å². The molecule has 2 aromatic heterocycles. The van der Waals surface area contributed by atoms with E-state index in [1.165, 1.54) is 13.2 Å². The van der Waals surface area contributed by atoms with Crippen molar-refractivity contribution in [3.63, 3.8) is 0 Å². The minimum absolute atomic E-state index is 0.0360. The molecule has 7 rings (SSSR count). The van der Waals surface area contributed by atoms with Crippen LogP contribution < -0.4 is 9.64 Å². The van der Waals surface area contributed by atoms with Gasteiger partial charge in [-0.15, -0.1) is 10.2 Å². The predicted octanol–water partition coefficient (Wildman–Crippen LogP) is 5.50. The highest BCUT2D eigenvalue weighted by molar-refractivity contribution is 6.30. The second-order valence-electron chi connectivity index (χ2n) is 12.3. The highest BCUT2D eigenvalue weighted by Gasteiger charge is 2.62. The van der Waals surface area contributed by atoms with E-state index >= 15 is 0 Å². The number of fused-ring (bicyclic) bond motifs is 3. The minimum atomic E-state index is -4.69. The molecule has 0 amide bonds. The summed E-state index contributed by atoms with van der Waals surface area (Å²) in [4.78, 5) is 7.52. The van der Waals surface area contributed by atoms with E-state index in [-0.39, 0.29) is 29.4 Å². The van der Waals surface area contributed by atoms with Gasteiger partial charge >= 0.3 is 12.4 Å². The number of aliphatic hydroxyl groups is 1. The van der Waals surface area contributed by atoms with Gasteiger partial charge in [0.2, 0.25) is 0 Å². The number of aromatic nitrogens is 4. The normalized spacial score (nSPS) is 25.3. The zero-order chi connectivity index (χ0) is 30.5. The molecule has 2 saturated carbocycles. The van der Waals surface area contributed by atoms with Crippen LogP contribution in [0.1, 0.15) is 54.5 Å². The fraction of sp³-hybridized carbons (Fsp3) is 0.536. The number of pyridine rings is 1. The molecule has 2 aliphatic carbocycles. The first-order valence-corrected chi connectivity index (χ1v) is 14.2.